The van der Waals surface area contributed by atoms with E-state index in [1.807, 2.05) is 11.8 Å². The highest BCUT2D eigenvalue weighted by Crippen LogP contribution is 2.13. The van der Waals surface area contributed by atoms with Gasteiger partial charge in [-0.05, 0) is 13.3 Å². The highest BCUT2D eigenvalue weighted by Gasteiger charge is 2.16. The van der Waals surface area contributed by atoms with Crippen LogP contribution in [0.2, 0.25) is 0 Å². The van der Waals surface area contributed by atoms with Gasteiger partial charge < -0.3 is 5.11 Å². The van der Waals surface area contributed by atoms with E-state index in [1.54, 1.807) is 23.0 Å². The number of carboxylic acid groups (broad SMARTS) is 1. The van der Waals surface area contributed by atoms with E-state index in [0.29, 0.717) is 6.54 Å². The van der Waals surface area contributed by atoms with Crippen molar-refractivity contribution in [3.8, 4) is 0 Å². The summed E-state index contributed by atoms with van der Waals surface area (Å²) in [5, 5.41) is 8.80. The second-order valence-electron chi connectivity index (χ2n) is 3.52. The molecule has 1 aromatic heterocycles. The molecule has 0 saturated carbocycles. The number of carbonyl (C=O) groups is 1. The van der Waals surface area contributed by atoms with E-state index in [-0.39, 0.29) is 12.6 Å². The van der Waals surface area contributed by atoms with E-state index in [2.05, 4.69) is 11.9 Å². The Labute approximate surface area is 93.6 Å². The van der Waals surface area contributed by atoms with Crippen molar-refractivity contribution in [1.29, 1.82) is 0 Å². The SMILES string of the molecule is CCC(C)N(CC(=O)O)Cc1cncs1. The Bertz CT molecular complexity index is 300. The third kappa shape index (κ3) is 3.97. The smallest absolute Gasteiger partial charge is 0.317 e. The Morgan fingerprint density at radius 1 is 1.73 bits per heavy atom. The molecular formula is C10H16N2O2S. The van der Waals surface area contributed by atoms with Crippen molar-refractivity contribution < 1.29 is 9.90 Å². The van der Waals surface area contributed by atoms with Crippen LogP contribution < -0.4 is 0 Å². The molecule has 0 aromatic carbocycles. The Morgan fingerprint density at radius 3 is 2.93 bits per heavy atom. The molecule has 1 heterocycles. The van der Waals surface area contributed by atoms with Crippen LogP contribution in [0.25, 0.3) is 0 Å². The van der Waals surface area contributed by atoms with Crippen molar-refractivity contribution in [2.45, 2.75) is 32.9 Å². The van der Waals surface area contributed by atoms with Crippen LogP contribution in [0.1, 0.15) is 25.1 Å². The lowest BCUT2D eigenvalue weighted by Gasteiger charge is -2.25. The number of aliphatic carboxylic acids is 1. The summed E-state index contributed by atoms with van der Waals surface area (Å²) < 4.78 is 0. The van der Waals surface area contributed by atoms with Crippen LogP contribution in [0.4, 0.5) is 0 Å². The van der Waals surface area contributed by atoms with Gasteiger partial charge in [-0.15, -0.1) is 11.3 Å². The number of hydrogen-bond donors (Lipinski definition) is 1. The fraction of sp³-hybridized carbons (Fsp3) is 0.600. The van der Waals surface area contributed by atoms with Gasteiger partial charge in [0.1, 0.15) is 0 Å². The van der Waals surface area contributed by atoms with Crippen molar-refractivity contribution in [1.82, 2.24) is 9.88 Å². The van der Waals surface area contributed by atoms with Gasteiger partial charge in [-0.1, -0.05) is 6.92 Å². The predicted octanol–water partition coefficient (Wildman–Crippen LogP) is 1.83. The first-order valence-corrected chi connectivity index (χ1v) is 5.84. The molecule has 0 fully saturated rings. The molecule has 1 atom stereocenters. The number of carboxylic acids is 1. The third-order valence-corrected chi connectivity index (χ3v) is 3.16. The van der Waals surface area contributed by atoms with Crippen molar-refractivity contribution in [3.63, 3.8) is 0 Å². The molecule has 1 unspecified atom stereocenters. The largest absolute Gasteiger partial charge is 0.480 e. The zero-order valence-electron chi connectivity index (χ0n) is 9.01. The molecule has 0 aliphatic heterocycles. The maximum atomic E-state index is 10.7. The normalized spacial score (nSPS) is 13.0. The van der Waals surface area contributed by atoms with E-state index in [9.17, 15) is 4.79 Å². The van der Waals surface area contributed by atoms with Crippen LogP contribution in [-0.4, -0.2) is 33.5 Å². The Kier molecular flexibility index (Phi) is 4.71. The first-order chi connectivity index (χ1) is 7.13. The summed E-state index contributed by atoms with van der Waals surface area (Å²) in [4.78, 5) is 17.8. The van der Waals surface area contributed by atoms with Crippen molar-refractivity contribution in [2.24, 2.45) is 0 Å². The van der Waals surface area contributed by atoms with Gasteiger partial charge in [0.15, 0.2) is 0 Å². The molecule has 4 nitrogen and oxygen atoms in total. The third-order valence-electron chi connectivity index (χ3n) is 2.39. The first kappa shape index (κ1) is 12.1. The van der Waals surface area contributed by atoms with Gasteiger partial charge >= 0.3 is 5.97 Å². The Morgan fingerprint density at radius 2 is 2.47 bits per heavy atom. The summed E-state index contributed by atoms with van der Waals surface area (Å²) in [6.45, 7) is 4.87. The minimum Gasteiger partial charge on any atom is -0.480 e. The molecule has 0 spiro atoms. The van der Waals surface area contributed by atoms with E-state index in [1.165, 1.54) is 0 Å². The van der Waals surface area contributed by atoms with Gasteiger partial charge in [0, 0.05) is 23.7 Å². The van der Waals surface area contributed by atoms with Gasteiger partial charge in [-0.25, -0.2) is 0 Å². The van der Waals surface area contributed by atoms with E-state index in [4.69, 9.17) is 5.11 Å². The highest BCUT2D eigenvalue weighted by molar-refractivity contribution is 7.09. The van der Waals surface area contributed by atoms with Gasteiger partial charge in [0.2, 0.25) is 0 Å². The first-order valence-electron chi connectivity index (χ1n) is 4.96. The summed E-state index contributed by atoms with van der Waals surface area (Å²) in [6.07, 6.45) is 2.74. The topological polar surface area (TPSA) is 53.4 Å². The molecular weight excluding hydrogens is 212 g/mol. The number of aromatic nitrogens is 1. The van der Waals surface area contributed by atoms with Gasteiger partial charge in [0.25, 0.3) is 0 Å². The zero-order chi connectivity index (χ0) is 11.3. The summed E-state index contributed by atoms with van der Waals surface area (Å²) in [6, 6.07) is 0.281. The molecule has 1 N–H and O–H groups in total. The van der Waals surface area contributed by atoms with Crippen molar-refractivity contribution in [2.75, 3.05) is 6.54 Å². The fourth-order valence-corrected chi connectivity index (χ4v) is 1.94. The maximum Gasteiger partial charge on any atom is 0.317 e. The molecule has 1 rings (SSSR count). The minimum absolute atomic E-state index is 0.0902. The van der Waals surface area contributed by atoms with Crippen molar-refractivity contribution in [3.05, 3.63) is 16.6 Å². The molecule has 15 heavy (non-hydrogen) atoms. The average Bonchev–Trinajstić information content (AvgIpc) is 2.67. The number of rotatable bonds is 6. The molecule has 5 heteroatoms. The van der Waals surface area contributed by atoms with Gasteiger partial charge in [-0.3, -0.25) is 14.7 Å². The van der Waals surface area contributed by atoms with Gasteiger partial charge in [-0.2, -0.15) is 0 Å². The number of nitrogens with zero attached hydrogens (tertiary/aromatic N) is 2. The second-order valence-corrected chi connectivity index (χ2v) is 4.49. The molecule has 0 aliphatic carbocycles. The Balaban J connectivity index is 2.60. The Hall–Kier alpha value is -0.940. The van der Waals surface area contributed by atoms with E-state index >= 15 is 0 Å². The summed E-state index contributed by atoms with van der Waals surface area (Å²) in [7, 11) is 0. The lowest BCUT2D eigenvalue weighted by molar-refractivity contribution is -0.139. The van der Waals surface area contributed by atoms with Crippen LogP contribution >= 0.6 is 11.3 Å². The lowest BCUT2D eigenvalue weighted by atomic mass is 10.2. The van der Waals surface area contributed by atoms with Crippen molar-refractivity contribution >= 4 is 17.3 Å². The number of thiazole rings is 1. The molecule has 0 aliphatic rings. The molecule has 0 radical (unpaired) electrons. The van der Waals surface area contributed by atoms with E-state index < -0.39 is 5.97 Å². The van der Waals surface area contributed by atoms with Crippen LogP contribution in [0.3, 0.4) is 0 Å². The molecule has 84 valence electrons. The number of hydrogen-bond acceptors (Lipinski definition) is 4. The molecule has 1 aromatic rings. The predicted molar refractivity (Wildman–Crippen MR) is 59.9 cm³/mol. The minimum atomic E-state index is -0.778. The van der Waals surface area contributed by atoms with Crippen LogP contribution in [0.15, 0.2) is 11.7 Å². The maximum absolute atomic E-state index is 10.7. The van der Waals surface area contributed by atoms with Crippen LogP contribution in [-0.2, 0) is 11.3 Å². The molecule has 0 saturated heterocycles. The van der Waals surface area contributed by atoms with Gasteiger partial charge in [0.05, 0.1) is 12.1 Å². The average molecular weight is 228 g/mol. The fourth-order valence-electron chi connectivity index (χ4n) is 1.32. The summed E-state index contributed by atoms with van der Waals surface area (Å²) in [5.74, 6) is -0.778. The zero-order valence-corrected chi connectivity index (χ0v) is 9.83. The standard InChI is InChI=1S/C10H16N2O2S/c1-3-8(2)12(6-10(13)14)5-9-4-11-7-15-9/h4,7-8H,3,5-6H2,1-2H3,(H,13,14). The van der Waals surface area contributed by atoms with Crippen LogP contribution in [0.5, 0.6) is 0 Å². The summed E-state index contributed by atoms with van der Waals surface area (Å²) in [5.41, 5.74) is 1.77. The van der Waals surface area contributed by atoms with E-state index in [0.717, 1.165) is 11.3 Å². The molecule has 0 bridgehead atoms. The highest BCUT2D eigenvalue weighted by atomic mass is 32.1. The quantitative estimate of drug-likeness (QED) is 0.807. The molecule has 0 amide bonds. The monoisotopic (exact) mass is 228 g/mol. The van der Waals surface area contributed by atoms with Crippen LogP contribution in [0, 0.1) is 0 Å². The second kappa shape index (κ2) is 5.82. The lowest BCUT2D eigenvalue weighted by Crippen LogP contribution is -2.36. The summed E-state index contributed by atoms with van der Waals surface area (Å²) >= 11 is 1.56.